The maximum atomic E-state index is 4.30. The maximum absolute atomic E-state index is 4.30. The molecule has 0 atom stereocenters. The summed E-state index contributed by atoms with van der Waals surface area (Å²) in [6.45, 7) is 5.95. The lowest BCUT2D eigenvalue weighted by atomic mass is 10.4. The van der Waals surface area contributed by atoms with Crippen LogP contribution in [0.25, 0.3) is 0 Å². The zero-order valence-corrected chi connectivity index (χ0v) is 10.9. The highest BCUT2D eigenvalue weighted by molar-refractivity contribution is 5.06. The average Bonchev–Trinajstić information content (AvgIpc) is 2.57. The molecule has 1 aliphatic heterocycles. The summed E-state index contributed by atoms with van der Waals surface area (Å²) >= 11 is 0. The molecule has 0 radical (unpaired) electrons. The number of hydrogen-bond donors (Lipinski definition) is 1. The summed E-state index contributed by atoms with van der Waals surface area (Å²) in [6, 6.07) is 0. The van der Waals surface area contributed by atoms with Crippen molar-refractivity contribution in [2.75, 3.05) is 12.2 Å². The number of halogens is 1. The quantitative estimate of drug-likeness (QED) is 0.531. The zero-order chi connectivity index (χ0) is 10.3. The van der Waals surface area contributed by atoms with Crippen LogP contribution in [-0.2, 0) is 0 Å². The summed E-state index contributed by atoms with van der Waals surface area (Å²) in [6.07, 6.45) is 1.98. The highest BCUT2D eigenvalue weighted by Crippen LogP contribution is 2.02. The van der Waals surface area contributed by atoms with Crippen LogP contribution in [0.15, 0.2) is 11.9 Å². The number of quaternary nitrogens is 1. The lowest BCUT2D eigenvalue weighted by Gasteiger charge is -2.17. The second kappa shape index (κ2) is 4.30. The van der Waals surface area contributed by atoms with Crippen molar-refractivity contribution in [1.82, 2.24) is 20.2 Å². The SMILES string of the molecule is CC1=CN(n2nc(C)c(C)n2)N(C)[NH2+]1.[Br-]. The molecule has 0 aromatic carbocycles. The second-order valence-electron chi connectivity index (χ2n) is 3.54. The number of nitrogens with zero attached hydrogens (tertiary/aromatic N) is 5. The Hall–Kier alpha value is -0.920. The number of aromatic nitrogens is 3. The van der Waals surface area contributed by atoms with Crippen LogP contribution in [0.1, 0.15) is 18.3 Å². The highest BCUT2D eigenvalue weighted by Gasteiger charge is 2.23. The monoisotopic (exact) mass is 274 g/mol. The number of rotatable bonds is 1. The van der Waals surface area contributed by atoms with Crippen molar-refractivity contribution >= 4 is 0 Å². The summed E-state index contributed by atoms with van der Waals surface area (Å²) in [4.78, 5) is 1.59. The molecule has 84 valence electrons. The van der Waals surface area contributed by atoms with Gasteiger partial charge < -0.3 is 17.0 Å². The van der Waals surface area contributed by atoms with Crippen LogP contribution in [0.4, 0.5) is 0 Å². The van der Waals surface area contributed by atoms with E-state index < -0.39 is 0 Å². The fourth-order valence-corrected chi connectivity index (χ4v) is 1.37. The van der Waals surface area contributed by atoms with Crippen molar-refractivity contribution in [3.05, 3.63) is 23.3 Å². The van der Waals surface area contributed by atoms with Gasteiger partial charge in [0.2, 0.25) is 0 Å². The Morgan fingerprint density at radius 3 is 2.07 bits per heavy atom. The van der Waals surface area contributed by atoms with Crippen LogP contribution < -0.4 is 27.5 Å². The van der Waals surface area contributed by atoms with Crippen LogP contribution >= 0.6 is 0 Å². The van der Waals surface area contributed by atoms with Gasteiger partial charge in [-0.2, -0.15) is 0 Å². The van der Waals surface area contributed by atoms with E-state index in [1.165, 1.54) is 5.70 Å². The normalized spacial score (nSPS) is 16.5. The van der Waals surface area contributed by atoms with Gasteiger partial charge in [0.15, 0.2) is 0 Å². The van der Waals surface area contributed by atoms with Crippen LogP contribution in [-0.4, -0.2) is 27.3 Å². The van der Waals surface area contributed by atoms with Gasteiger partial charge in [-0.25, -0.2) is 5.43 Å². The summed E-state index contributed by atoms with van der Waals surface area (Å²) < 4.78 is 0. The van der Waals surface area contributed by atoms with Gasteiger partial charge in [0, 0.05) is 6.92 Å². The van der Waals surface area contributed by atoms with E-state index in [0.29, 0.717) is 0 Å². The number of allylic oxidation sites excluding steroid dienone is 1. The minimum atomic E-state index is 0. The third-order valence-corrected chi connectivity index (χ3v) is 2.22. The topological polar surface area (TPSA) is 53.8 Å². The fraction of sp³-hybridized carbons (Fsp3) is 0.500. The van der Waals surface area contributed by atoms with Crippen molar-refractivity contribution in [2.45, 2.75) is 20.8 Å². The van der Waals surface area contributed by atoms with E-state index in [1.807, 2.05) is 49.7 Å². The molecule has 2 rings (SSSR count). The Bertz CT molecular complexity index is 365. The van der Waals surface area contributed by atoms with E-state index >= 15 is 0 Å². The number of hydrogen-bond acceptors (Lipinski definition) is 4. The van der Waals surface area contributed by atoms with E-state index in [9.17, 15) is 0 Å². The third kappa shape index (κ3) is 2.19. The fourth-order valence-electron chi connectivity index (χ4n) is 1.37. The number of hydrazine groups is 1. The molecule has 1 aromatic rings. The van der Waals surface area contributed by atoms with E-state index in [1.54, 1.807) is 4.91 Å². The minimum absolute atomic E-state index is 0. The molecule has 7 heteroatoms. The van der Waals surface area contributed by atoms with Gasteiger partial charge >= 0.3 is 0 Å². The Balaban J connectivity index is 0.00000112. The molecule has 1 aromatic heterocycles. The average molecular weight is 275 g/mol. The van der Waals surface area contributed by atoms with E-state index in [4.69, 9.17) is 0 Å². The van der Waals surface area contributed by atoms with Crippen LogP contribution in [0, 0.1) is 13.8 Å². The maximum Gasteiger partial charge on any atom is 0.143 e. The standard InChI is InChI=1S/C8H14N6.BrH/c1-6-5-13(12(4)9-6)14-10-7(2)8(3)11-14;/h5,9H,1-4H3;1H. The van der Waals surface area contributed by atoms with Crippen LogP contribution in [0.3, 0.4) is 0 Å². The summed E-state index contributed by atoms with van der Waals surface area (Å²) in [5, 5.41) is 12.4. The minimum Gasteiger partial charge on any atom is -1.00 e. The highest BCUT2D eigenvalue weighted by atomic mass is 79.9. The molecular formula is C8H15BrN6. The number of aryl methyl sites for hydroxylation is 2. The first-order valence-electron chi connectivity index (χ1n) is 4.54. The first kappa shape index (κ1) is 12.2. The lowest BCUT2D eigenvalue weighted by Crippen LogP contribution is -3.00. The molecule has 0 unspecified atom stereocenters. The smallest absolute Gasteiger partial charge is 0.143 e. The Morgan fingerprint density at radius 2 is 1.67 bits per heavy atom. The molecular weight excluding hydrogens is 260 g/mol. The molecule has 0 spiro atoms. The summed E-state index contributed by atoms with van der Waals surface area (Å²) in [5.74, 6) is 0. The predicted molar refractivity (Wildman–Crippen MR) is 51.2 cm³/mol. The molecule has 0 aliphatic carbocycles. The molecule has 0 bridgehead atoms. The van der Waals surface area contributed by atoms with Gasteiger partial charge in [0.1, 0.15) is 11.9 Å². The van der Waals surface area contributed by atoms with Gasteiger partial charge in [-0.1, -0.05) is 4.91 Å². The summed E-state index contributed by atoms with van der Waals surface area (Å²) in [5.41, 5.74) is 5.11. The van der Waals surface area contributed by atoms with Crippen molar-refractivity contribution < 1.29 is 22.4 Å². The first-order valence-corrected chi connectivity index (χ1v) is 4.54. The molecule has 0 fully saturated rings. The molecule has 2 N–H and O–H groups in total. The predicted octanol–water partition coefficient (Wildman–Crippen LogP) is -3.96. The van der Waals surface area contributed by atoms with Gasteiger partial charge in [-0.05, 0) is 19.0 Å². The molecule has 0 amide bonds. The molecule has 0 saturated carbocycles. The molecule has 2 heterocycles. The molecule has 1 aliphatic rings. The van der Waals surface area contributed by atoms with Gasteiger partial charge in [0.05, 0.1) is 18.4 Å². The lowest BCUT2D eigenvalue weighted by molar-refractivity contribution is -0.754. The van der Waals surface area contributed by atoms with Crippen LogP contribution in [0.2, 0.25) is 0 Å². The Labute approximate surface area is 99.2 Å². The van der Waals surface area contributed by atoms with Gasteiger partial charge in [-0.15, -0.1) is 15.3 Å². The van der Waals surface area contributed by atoms with Gasteiger partial charge in [0.25, 0.3) is 0 Å². The second-order valence-corrected chi connectivity index (χ2v) is 3.54. The van der Waals surface area contributed by atoms with Crippen molar-refractivity contribution in [2.24, 2.45) is 0 Å². The zero-order valence-electron chi connectivity index (χ0n) is 9.27. The number of nitrogens with two attached hydrogens (primary N) is 1. The molecule has 0 saturated heterocycles. The molecule has 15 heavy (non-hydrogen) atoms. The Kier molecular flexibility index (Phi) is 3.48. The van der Waals surface area contributed by atoms with E-state index in [0.717, 1.165) is 11.4 Å². The van der Waals surface area contributed by atoms with Crippen molar-refractivity contribution in [3.63, 3.8) is 0 Å². The van der Waals surface area contributed by atoms with E-state index in [2.05, 4.69) is 10.2 Å². The third-order valence-electron chi connectivity index (χ3n) is 2.22. The van der Waals surface area contributed by atoms with Gasteiger partial charge in [-0.3, -0.25) is 0 Å². The van der Waals surface area contributed by atoms with Crippen molar-refractivity contribution in [1.29, 1.82) is 0 Å². The summed E-state index contributed by atoms with van der Waals surface area (Å²) in [7, 11) is 1.96. The largest absolute Gasteiger partial charge is 1.00 e. The molecule has 6 nitrogen and oxygen atoms in total. The van der Waals surface area contributed by atoms with Crippen LogP contribution in [0.5, 0.6) is 0 Å². The first-order chi connectivity index (χ1) is 6.58. The Morgan fingerprint density at radius 1 is 1.13 bits per heavy atom. The van der Waals surface area contributed by atoms with Crippen molar-refractivity contribution in [3.8, 4) is 0 Å². The van der Waals surface area contributed by atoms with E-state index in [-0.39, 0.29) is 17.0 Å².